The summed E-state index contributed by atoms with van der Waals surface area (Å²) < 4.78 is 13.7. The third-order valence-electron chi connectivity index (χ3n) is 6.51. The normalized spacial score (nSPS) is 16.8. The summed E-state index contributed by atoms with van der Waals surface area (Å²) in [6.07, 6.45) is 3.26. The van der Waals surface area contributed by atoms with Crippen LogP contribution in [-0.4, -0.2) is 22.0 Å². The minimum absolute atomic E-state index is 0.0644. The Kier molecular flexibility index (Phi) is 7.66. The van der Waals surface area contributed by atoms with E-state index in [0.29, 0.717) is 37.4 Å². The molecular formula is C30H21Cl2FN2O3S. The van der Waals surface area contributed by atoms with Crippen LogP contribution in [-0.2, 0) is 21.5 Å². The largest absolute Gasteiger partial charge is 0.478 e. The van der Waals surface area contributed by atoms with Crippen LogP contribution < -0.4 is 5.32 Å². The van der Waals surface area contributed by atoms with Crippen LogP contribution in [0.3, 0.4) is 0 Å². The number of carboxylic acid groups (broad SMARTS) is 1. The van der Waals surface area contributed by atoms with Crippen molar-refractivity contribution in [2.45, 2.75) is 18.4 Å². The Morgan fingerprint density at radius 1 is 1.00 bits per heavy atom. The van der Waals surface area contributed by atoms with E-state index in [1.165, 1.54) is 23.5 Å². The number of nitrogens with one attached hydrogen (secondary N) is 1. The molecule has 1 aliphatic carbocycles. The molecule has 5 nitrogen and oxygen atoms in total. The molecule has 0 fully saturated rings. The topological polar surface area (TPSA) is 79.3 Å². The van der Waals surface area contributed by atoms with Gasteiger partial charge in [-0.25, -0.2) is 14.2 Å². The van der Waals surface area contributed by atoms with Crippen LogP contribution in [0.25, 0.3) is 16.8 Å². The van der Waals surface area contributed by atoms with E-state index in [1.54, 1.807) is 47.9 Å². The summed E-state index contributed by atoms with van der Waals surface area (Å²) in [6.45, 7) is 0.0644. The molecule has 1 aliphatic rings. The minimum atomic E-state index is -1.40. The molecule has 39 heavy (non-hydrogen) atoms. The maximum Gasteiger partial charge on any atom is 0.332 e. The molecule has 4 aromatic rings. The van der Waals surface area contributed by atoms with Crippen molar-refractivity contribution in [2.24, 2.45) is 0 Å². The van der Waals surface area contributed by atoms with Gasteiger partial charge in [0.15, 0.2) is 0 Å². The Morgan fingerprint density at radius 3 is 2.51 bits per heavy atom. The Hall–Kier alpha value is -3.78. The molecule has 0 bridgehead atoms. The number of benzene rings is 3. The number of aliphatic carboxylic acids is 1. The second-order valence-corrected chi connectivity index (χ2v) is 10.7. The van der Waals surface area contributed by atoms with Gasteiger partial charge in [0, 0.05) is 29.5 Å². The first-order chi connectivity index (χ1) is 18.8. The van der Waals surface area contributed by atoms with Crippen LogP contribution in [0.4, 0.5) is 4.39 Å². The van der Waals surface area contributed by atoms with Gasteiger partial charge in [0.25, 0.3) is 0 Å². The van der Waals surface area contributed by atoms with Crippen molar-refractivity contribution in [2.75, 3.05) is 0 Å². The molecule has 0 aliphatic heterocycles. The number of hydrogen-bond donors (Lipinski definition) is 2. The van der Waals surface area contributed by atoms with Gasteiger partial charge in [0.05, 0.1) is 15.7 Å². The first kappa shape index (κ1) is 26.8. The molecule has 1 atom stereocenters. The predicted octanol–water partition coefficient (Wildman–Crippen LogP) is 7.31. The number of amides is 1. The fraction of sp³-hybridized carbons (Fsp3) is 0.100. The van der Waals surface area contributed by atoms with Crippen LogP contribution >= 0.6 is 34.5 Å². The molecule has 1 unspecified atom stereocenters. The van der Waals surface area contributed by atoms with E-state index in [9.17, 15) is 19.1 Å². The Bertz CT molecular complexity index is 1630. The number of carbonyl (C=O) groups excluding carboxylic acids is 1. The third kappa shape index (κ3) is 5.52. The monoisotopic (exact) mass is 578 g/mol. The number of nitrogens with zero attached hydrogens (tertiary/aromatic N) is 1. The van der Waals surface area contributed by atoms with Gasteiger partial charge in [-0.2, -0.15) is 0 Å². The molecular weight excluding hydrogens is 558 g/mol. The van der Waals surface area contributed by atoms with Gasteiger partial charge in [-0.1, -0.05) is 83.9 Å². The number of thiazole rings is 1. The van der Waals surface area contributed by atoms with Crippen molar-refractivity contribution in [1.29, 1.82) is 0 Å². The highest BCUT2D eigenvalue weighted by Gasteiger charge is 2.45. The third-order valence-corrected chi connectivity index (χ3v) is 8.27. The molecule has 1 amide bonds. The Morgan fingerprint density at radius 2 is 1.79 bits per heavy atom. The zero-order chi connectivity index (χ0) is 27.6. The number of aromatic nitrogens is 1. The maximum atomic E-state index is 13.9. The zero-order valence-corrected chi connectivity index (χ0v) is 22.7. The lowest BCUT2D eigenvalue weighted by Crippen LogP contribution is -2.44. The first-order valence-corrected chi connectivity index (χ1v) is 13.6. The standard InChI is InChI=1S/C30H21Cl2FN2O3S/c31-24-10-9-20(14-25(24)32)26-17-39-29(35-26)30(28(38)34-16-18-5-4-8-21(33)13-18)12-11-22(23(15-30)27(36)37)19-6-2-1-3-7-19/h1-14,17H,15-16H2,(H,34,38)(H,36,37). The van der Waals surface area contributed by atoms with Gasteiger partial charge in [-0.05, 0) is 41.0 Å². The van der Waals surface area contributed by atoms with E-state index in [-0.39, 0.29) is 18.5 Å². The highest BCUT2D eigenvalue weighted by molar-refractivity contribution is 7.10. The number of carbonyl (C=O) groups is 2. The summed E-state index contributed by atoms with van der Waals surface area (Å²) in [7, 11) is 0. The van der Waals surface area contributed by atoms with Gasteiger partial charge in [0.2, 0.25) is 5.91 Å². The summed E-state index contributed by atoms with van der Waals surface area (Å²) >= 11 is 13.5. The lowest BCUT2D eigenvalue weighted by molar-refractivity contribution is -0.133. The molecule has 0 saturated heterocycles. The lowest BCUT2D eigenvalue weighted by atomic mass is 9.74. The van der Waals surface area contributed by atoms with E-state index < -0.39 is 23.1 Å². The van der Waals surface area contributed by atoms with Crippen molar-refractivity contribution >= 4 is 52.0 Å². The fourth-order valence-electron chi connectivity index (χ4n) is 4.49. The van der Waals surface area contributed by atoms with Crippen LogP contribution in [0.1, 0.15) is 22.6 Å². The van der Waals surface area contributed by atoms with Crippen molar-refractivity contribution in [1.82, 2.24) is 10.3 Å². The molecule has 0 radical (unpaired) electrons. The van der Waals surface area contributed by atoms with Gasteiger partial charge in [-0.3, -0.25) is 4.79 Å². The summed E-state index contributed by atoms with van der Waals surface area (Å²) in [4.78, 5) is 31.1. The molecule has 1 aromatic heterocycles. The first-order valence-electron chi connectivity index (χ1n) is 11.9. The van der Waals surface area contributed by atoms with Crippen molar-refractivity contribution < 1.29 is 19.1 Å². The van der Waals surface area contributed by atoms with Gasteiger partial charge in [-0.15, -0.1) is 11.3 Å². The number of rotatable bonds is 7. The SMILES string of the molecule is O=C(O)C1=C(c2ccccc2)C=CC(C(=O)NCc2cccc(F)c2)(c2nc(-c3ccc(Cl)c(Cl)c3)cs2)C1. The van der Waals surface area contributed by atoms with Crippen molar-refractivity contribution in [3.8, 4) is 11.3 Å². The zero-order valence-electron chi connectivity index (χ0n) is 20.3. The smallest absolute Gasteiger partial charge is 0.332 e. The number of carboxylic acids is 1. The number of halogens is 3. The highest BCUT2D eigenvalue weighted by atomic mass is 35.5. The molecule has 1 heterocycles. The molecule has 3 aromatic carbocycles. The average molecular weight is 579 g/mol. The van der Waals surface area contributed by atoms with E-state index in [4.69, 9.17) is 28.2 Å². The quantitative estimate of drug-likeness (QED) is 0.241. The number of allylic oxidation sites excluding steroid dienone is 2. The molecule has 9 heteroatoms. The molecule has 196 valence electrons. The van der Waals surface area contributed by atoms with E-state index >= 15 is 0 Å². The van der Waals surface area contributed by atoms with Gasteiger partial charge in [0.1, 0.15) is 16.2 Å². The molecule has 2 N–H and O–H groups in total. The number of hydrogen-bond acceptors (Lipinski definition) is 4. The Balaban J connectivity index is 1.56. The molecule has 5 rings (SSSR count). The van der Waals surface area contributed by atoms with Crippen LogP contribution in [0.5, 0.6) is 0 Å². The Labute approximate surface area is 238 Å². The van der Waals surface area contributed by atoms with Crippen LogP contribution in [0.2, 0.25) is 10.0 Å². The minimum Gasteiger partial charge on any atom is -0.478 e. The highest BCUT2D eigenvalue weighted by Crippen LogP contribution is 2.43. The van der Waals surface area contributed by atoms with E-state index in [0.717, 1.165) is 5.56 Å². The maximum absolute atomic E-state index is 13.9. The van der Waals surface area contributed by atoms with Crippen LogP contribution in [0, 0.1) is 5.82 Å². The van der Waals surface area contributed by atoms with Gasteiger partial charge < -0.3 is 10.4 Å². The second kappa shape index (κ2) is 11.1. The van der Waals surface area contributed by atoms with E-state index in [2.05, 4.69) is 5.32 Å². The molecule has 0 spiro atoms. The average Bonchev–Trinajstić information content (AvgIpc) is 3.44. The lowest BCUT2D eigenvalue weighted by Gasteiger charge is -2.31. The van der Waals surface area contributed by atoms with E-state index in [1.807, 2.05) is 30.3 Å². The summed E-state index contributed by atoms with van der Waals surface area (Å²) in [5.41, 5.74) is 1.81. The summed E-state index contributed by atoms with van der Waals surface area (Å²) in [5, 5.41) is 16.1. The van der Waals surface area contributed by atoms with Crippen molar-refractivity contribution in [3.05, 3.63) is 128 Å². The molecule has 0 saturated carbocycles. The summed E-state index contributed by atoms with van der Waals surface area (Å²) in [6, 6.07) is 20.2. The van der Waals surface area contributed by atoms with Gasteiger partial charge >= 0.3 is 5.97 Å². The van der Waals surface area contributed by atoms with Crippen molar-refractivity contribution in [3.63, 3.8) is 0 Å². The fourth-order valence-corrected chi connectivity index (χ4v) is 5.80. The summed E-state index contributed by atoms with van der Waals surface area (Å²) in [5.74, 6) is -1.98. The second-order valence-electron chi connectivity index (χ2n) is 9.02. The predicted molar refractivity (Wildman–Crippen MR) is 152 cm³/mol. The van der Waals surface area contributed by atoms with Crippen LogP contribution in [0.15, 0.2) is 95.9 Å².